The molecule has 3 nitrogen and oxygen atoms in total. The van der Waals surface area contributed by atoms with Gasteiger partial charge in [0.05, 0.1) is 6.42 Å². The Bertz CT molecular complexity index is 352. The first-order chi connectivity index (χ1) is 6.52. The van der Waals surface area contributed by atoms with Crippen LogP contribution in [-0.2, 0) is 4.79 Å². The fourth-order valence-electron chi connectivity index (χ4n) is 1.47. The second-order valence-electron chi connectivity index (χ2n) is 3.49. The molecule has 0 aliphatic heterocycles. The van der Waals surface area contributed by atoms with Crippen molar-refractivity contribution < 1.29 is 9.90 Å². The molecule has 0 saturated carbocycles. The molecule has 0 aliphatic rings. The van der Waals surface area contributed by atoms with Gasteiger partial charge in [-0.25, -0.2) is 0 Å². The molecule has 84 valence electrons. The van der Waals surface area contributed by atoms with Gasteiger partial charge in [0.2, 0.25) is 0 Å². The number of carbonyl (C=O) groups is 1. The van der Waals surface area contributed by atoms with E-state index in [-0.39, 0.29) is 18.8 Å². The maximum absolute atomic E-state index is 10.5. The van der Waals surface area contributed by atoms with Crippen LogP contribution in [0.1, 0.15) is 29.2 Å². The highest BCUT2D eigenvalue weighted by Gasteiger charge is 2.13. The smallest absolute Gasteiger partial charge is 0.305 e. The Morgan fingerprint density at radius 2 is 2.07 bits per heavy atom. The molecule has 0 spiro atoms. The number of hydrogen-bond acceptors (Lipinski definition) is 2. The van der Waals surface area contributed by atoms with Crippen molar-refractivity contribution in [2.24, 2.45) is 5.73 Å². The summed E-state index contributed by atoms with van der Waals surface area (Å²) in [6, 6.07) is 5.37. The molecule has 1 aromatic carbocycles. The predicted octanol–water partition coefficient (Wildman–Crippen LogP) is 2.20. The average Bonchev–Trinajstić information content (AvgIpc) is 2.08. The number of aryl methyl sites for hydroxylation is 1. The summed E-state index contributed by atoms with van der Waals surface area (Å²) < 4.78 is 0. The van der Waals surface area contributed by atoms with Crippen LogP contribution in [-0.4, -0.2) is 11.1 Å². The fraction of sp³-hybridized carbons (Fsp3) is 0.364. The summed E-state index contributed by atoms with van der Waals surface area (Å²) in [5, 5.41) is 8.63. The Morgan fingerprint density at radius 3 is 2.60 bits per heavy atom. The summed E-state index contributed by atoms with van der Waals surface area (Å²) in [5.41, 5.74) is 8.93. The Hall–Kier alpha value is -1.06. The zero-order chi connectivity index (χ0) is 10.7. The molecule has 0 bridgehead atoms. The molecule has 3 N–H and O–H groups in total. The van der Waals surface area contributed by atoms with Crippen LogP contribution in [0.4, 0.5) is 0 Å². The molecule has 0 amide bonds. The zero-order valence-electron chi connectivity index (χ0n) is 8.86. The molecule has 0 aliphatic carbocycles. The van der Waals surface area contributed by atoms with Gasteiger partial charge in [-0.15, -0.1) is 12.4 Å². The highest BCUT2D eigenvalue weighted by atomic mass is 35.5. The van der Waals surface area contributed by atoms with Gasteiger partial charge in [0.25, 0.3) is 0 Å². The van der Waals surface area contributed by atoms with E-state index in [1.54, 1.807) is 0 Å². The van der Waals surface area contributed by atoms with Gasteiger partial charge in [0.15, 0.2) is 0 Å². The fourth-order valence-corrected chi connectivity index (χ4v) is 1.47. The van der Waals surface area contributed by atoms with Crippen molar-refractivity contribution in [2.75, 3.05) is 0 Å². The Labute approximate surface area is 95.7 Å². The molecule has 0 unspecified atom stereocenters. The first-order valence-electron chi connectivity index (χ1n) is 4.56. The monoisotopic (exact) mass is 229 g/mol. The molecule has 1 aromatic rings. The first-order valence-corrected chi connectivity index (χ1v) is 4.56. The standard InChI is InChI=1S/C11H15NO2.ClH/c1-7-4-3-5-9(8(7)2)10(12)6-11(13)14;/h3-5,10H,6,12H2,1-2H3,(H,13,14);1H/t10-;/m1./s1. The lowest BCUT2D eigenvalue weighted by Crippen LogP contribution is -2.16. The summed E-state index contributed by atoms with van der Waals surface area (Å²) in [7, 11) is 0. The van der Waals surface area contributed by atoms with Crippen LogP contribution < -0.4 is 5.73 Å². The number of benzene rings is 1. The van der Waals surface area contributed by atoms with Crippen molar-refractivity contribution in [3.05, 3.63) is 34.9 Å². The topological polar surface area (TPSA) is 63.3 Å². The van der Waals surface area contributed by atoms with Crippen molar-refractivity contribution in [3.63, 3.8) is 0 Å². The highest BCUT2D eigenvalue weighted by molar-refractivity contribution is 5.85. The van der Waals surface area contributed by atoms with Gasteiger partial charge in [0, 0.05) is 6.04 Å². The summed E-state index contributed by atoms with van der Waals surface area (Å²) >= 11 is 0. The van der Waals surface area contributed by atoms with Crippen LogP contribution >= 0.6 is 12.4 Å². The number of hydrogen-bond donors (Lipinski definition) is 2. The number of aliphatic carboxylic acids is 1. The van der Waals surface area contributed by atoms with Crippen LogP contribution in [0.5, 0.6) is 0 Å². The van der Waals surface area contributed by atoms with Gasteiger partial charge in [0.1, 0.15) is 0 Å². The Morgan fingerprint density at radius 1 is 1.47 bits per heavy atom. The molecule has 0 aromatic heterocycles. The molecule has 0 radical (unpaired) electrons. The molecular formula is C11H16ClNO2. The summed E-state index contributed by atoms with van der Waals surface area (Å²) in [5.74, 6) is -0.863. The van der Waals surface area contributed by atoms with Gasteiger partial charge in [-0.2, -0.15) is 0 Å². The first kappa shape index (κ1) is 13.9. The molecule has 15 heavy (non-hydrogen) atoms. The quantitative estimate of drug-likeness (QED) is 0.835. The van der Waals surface area contributed by atoms with Gasteiger partial charge in [-0.3, -0.25) is 4.79 Å². The summed E-state index contributed by atoms with van der Waals surface area (Å²) in [4.78, 5) is 10.5. The summed E-state index contributed by atoms with van der Waals surface area (Å²) in [6.45, 7) is 3.96. The van der Waals surface area contributed by atoms with Gasteiger partial charge in [-0.1, -0.05) is 18.2 Å². The van der Waals surface area contributed by atoms with E-state index in [1.807, 2.05) is 32.0 Å². The van der Waals surface area contributed by atoms with E-state index < -0.39 is 12.0 Å². The van der Waals surface area contributed by atoms with Crippen molar-refractivity contribution in [1.29, 1.82) is 0 Å². The number of nitrogens with two attached hydrogens (primary N) is 1. The lowest BCUT2D eigenvalue weighted by atomic mass is 9.96. The van der Waals surface area contributed by atoms with Crippen LogP contribution in [0.25, 0.3) is 0 Å². The van der Waals surface area contributed by atoms with Crippen LogP contribution in [0.15, 0.2) is 18.2 Å². The van der Waals surface area contributed by atoms with Gasteiger partial charge in [-0.05, 0) is 30.5 Å². The van der Waals surface area contributed by atoms with E-state index in [4.69, 9.17) is 10.8 Å². The molecule has 1 rings (SSSR count). The highest BCUT2D eigenvalue weighted by Crippen LogP contribution is 2.20. The van der Waals surface area contributed by atoms with E-state index >= 15 is 0 Å². The number of carboxylic acids is 1. The Kier molecular flexibility index (Phi) is 5.33. The Balaban J connectivity index is 0.00000196. The van der Waals surface area contributed by atoms with Crippen molar-refractivity contribution in [1.82, 2.24) is 0 Å². The van der Waals surface area contributed by atoms with Gasteiger partial charge >= 0.3 is 5.97 Å². The number of halogens is 1. The van der Waals surface area contributed by atoms with E-state index in [1.165, 1.54) is 0 Å². The van der Waals surface area contributed by atoms with Crippen molar-refractivity contribution in [2.45, 2.75) is 26.3 Å². The van der Waals surface area contributed by atoms with Crippen LogP contribution in [0.3, 0.4) is 0 Å². The van der Waals surface area contributed by atoms with Crippen LogP contribution in [0, 0.1) is 13.8 Å². The van der Waals surface area contributed by atoms with Crippen molar-refractivity contribution in [3.8, 4) is 0 Å². The number of carboxylic acid groups (broad SMARTS) is 1. The third-order valence-corrected chi connectivity index (χ3v) is 2.44. The molecule has 0 saturated heterocycles. The SMILES string of the molecule is Cc1cccc([C@H](N)CC(=O)O)c1C.Cl. The third-order valence-electron chi connectivity index (χ3n) is 2.44. The average molecular weight is 230 g/mol. The minimum atomic E-state index is -0.863. The minimum absolute atomic E-state index is 0. The van der Waals surface area contributed by atoms with E-state index in [2.05, 4.69) is 0 Å². The molecule has 0 fully saturated rings. The normalized spacial score (nSPS) is 11.7. The maximum Gasteiger partial charge on any atom is 0.305 e. The van der Waals surface area contributed by atoms with E-state index in [0.717, 1.165) is 16.7 Å². The lowest BCUT2D eigenvalue weighted by molar-refractivity contribution is -0.137. The van der Waals surface area contributed by atoms with E-state index in [0.29, 0.717) is 0 Å². The molecule has 4 heteroatoms. The maximum atomic E-state index is 10.5. The van der Waals surface area contributed by atoms with Crippen LogP contribution in [0.2, 0.25) is 0 Å². The minimum Gasteiger partial charge on any atom is -0.481 e. The molecule has 1 atom stereocenters. The molecular weight excluding hydrogens is 214 g/mol. The zero-order valence-corrected chi connectivity index (χ0v) is 9.67. The summed E-state index contributed by atoms with van der Waals surface area (Å²) in [6.07, 6.45) is -0.0235. The molecule has 0 heterocycles. The predicted molar refractivity (Wildman–Crippen MR) is 62.3 cm³/mol. The second kappa shape index (κ2) is 5.73. The number of rotatable bonds is 3. The third kappa shape index (κ3) is 3.53. The lowest BCUT2D eigenvalue weighted by Gasteiger charge is -2.14. The van der Waals surface area contributed by atoms with Crippen molar-refractivity contribution >= 4 is 18.4 Å². The van der Waals surface area contributed by atoms with E-state index in [9.17, 15) is 4.79 Å². The van der Waals surface area contributed by atoms with Gasteiger partial charge < -0.3 is 10.8 Å². The largest absolute Gasteiger partial charge is 0.481 e. The second-order valence-corrected chi connectivity index (χ2v) is 3.49.